The second kappa shape index (κ2) is 5.20. The quantitative estimate of drug-likeness (QED) is 0.780. The Hall–Kier alpha value is -2.57. The molecule has 0 bridgehead atoms. The molecular weight excluding hydrogens is 256 g/mol. The molecule has 0 radical (unpaired) electrons. The van der Waals surface area contributed by atoms with Crippen LogP contribution in [0.3, 0.4) is 0 Å². The number of nitrogens with zero attached hydrogens (tertiary/aromatic N) is 3. The van der Waals surface area contributed by atoms with Crippen LogP contribution in [0.15, 0.2) is 24.3 Å². The highest BCUT2D eigenvalue weighted by atomic mass is 16.2. The van der Waals surface area contributed by atoms with Crippen LogP contribution in [0, 0.1) is 0 Å². The molecule has 7 heteroatoms. The molecule has 1 amide bonds. The number of nitrogens with one attached hydrogen (secondary N) is 2. The van der Waals surface area contributed by atoms with Gasteiger partial charge in [-0.3, -0.25) is 4.79 Å². The van der Waals surface area contributed by atoms with Gasteiger partial charge in [0.05, 0.1) is 0 Å². The van der Waals surface area contributed by atoms with Crippen LogP contribution in [0.25, 0.3) is 0 Å². The lowest BCUT2D eigenvalue weighted by Crippen LogP contribution is -2.18. The number of amides is 1. The van der Waals surface area contributed by atoms with Gasteiger partial charge in [0.2, 0.25) is 0 Å². The Morgan fingerprint density at radius 1 is 1.20 bits per heavy atom. The molecule has 7 nitrogen and oxygen atoms in total. The number of nitrogen functional groups attached to an aromatic ring is 1. The van der Waals surface area contributed by atoms with Gasteiger partial charge < -0.3 is 16.0 Å². The zero-order chi connectivity index (χ0) is 13.9. The van der Waals surface area contributed by atoms with Crippen LogP contribution in [0.2, 0.25) is 0 Å². The molecule has 20 heavy (non-hydrogen) atoms. The van der Waals surface area contributed by atoms with Crippen molar-refractivity contribution in [2.45, 2.75) is 12.8 Å². The standard InChI is InChI=1S/C13H16N6O/c14-12-11(16-18-17-12)13(20)15-9-3-5-10(6-4-9)19-7-1-2-8-19/h3-6H,1-2,7-8H2,(H,15,20)(H3,14,16,17,18). The summed E-state index contributed by atoms with van der Waals surface area (Å²) in [5.74, 6) is -0.277. The van der Waals surface area contributed by atoms with Gasteiger partial charge in [-0.2, -0.15) is 5.21 Å². The molecule has 0 aliphatic carbocycles. The van der Waals surface area contributed by atoms with Gasteiger partial charge in [-0.1, -0.05) is 0 Å². The Morgan fingerprint density at radius 3 is 2.50 bits per heavy atom. The number of aromatic amines is 1. The first-order valence-electron chi connectivity index (χ1n) is 6.56. The predicted octanol–water partition coefficient (Wildman–Crippen LogP) is 1.24. The number of H-pyrrole nitrogens is 1. The molecule has 1 fully saturated rings. The molecule has 104 valence electrons. The van der Waals surface area contributed by atoms with Gasteiger partial charge in [-0.25, -0.2) is 0 Å². The van der Waals surface area contributed by atoms with Crippen molar-refractivity contribution in [2.24, 2.45) is 0 Å². The number of nitrogens with two attached hydrogens (primary N) is 1. The smallest absolute Gasteiger partial charge is 0.280 e. The topological polar surface area (TPSA) is 99.9 Å². The summed E-state index contributed by atoms with van der Waals surface area (Å²) in [6.07, 6.45) is 2.48. The summed E-state index contributed by atoms with van der Waals surface area (Å²) in [4.78, 5) is 14.2. The van der Waals surface area contributed by atoms with E-state index in [1.165, 1.54) is 18.5 Å². The van der Waals surface area contributed by atoms with E-state index in [-0.39, 0.29) is 17.4 Å². The highest BCUT2D eigenvalue weighted by Gasteiger charge is 2.15. The second-order valence-corrected chi connectivity index (χ2v) is 4.75. The zero-order valence-corrected chi connectivity index (χ0v) is 11.0. The Labute approximate surface area is 116 Å². The minimum Gasteiger partial charge on any atom is -0.380 e. The molecule has 4 N–H and O–H groups in total. The first kappa shape index (κ1) is 12.5. The average molecular weight is 272 g/mol. The van der Waals surface area contributed by atoms with E-state index in [4.69, 9.17) is 5.73 Å². The van der Waals surface area contributed by atoms with Crippen molar-refractivity contribution >= 4 is 23.1 Å². The van der Waals surface area contributed by atoms with Gasteiger partial charge in [0, 0.05) is 24.5 Å². The van der Waals surface area contributed by atoms with E-state index >= 15 is 0 Å². The number of aromatic nitrogens is 3. The van der Waals surface area contributed by atoms with Crippen LogP contribution in [-0.4, -0.2) is 34.4 Å². The summed E-state index contributed by atoms with van der Waals surface area (Å²) in [5.41, 5.74) is 7.53. The second-order valence-electron chi connectivity index (χ2n) is 4.75. The summed E-state index contributed by atoms with van der Waals surface area (Å²) in [7, 11) is 0. The Balaban J connectivity index is 1.69. The van der Waals surface area contributed by atoms with E-state index in [0.29, 0.717) is 5.69 Å². The minimum absolute atomic E-state index is 0.0937. The fourth-order valence-corrected chi connectivity index (χ4v) is 2.33. The van der Waals surface area contributed by atoms with Crippen molar-refractivity contribution in [1.29, 1.82) is 0 Å². The van der Waals surface area contributed by atoms with Crippen LogP contribution >= 0.6 is 0 Å². The fraction of sp³-hybridized carbons (Fsp3) is 0.308. The molecule has 3 rings (SSSR count). The number of hydrogen-bond acceptors (Lipinski definition) is 5. The largest absolute Gasteiger partial charge is 0.380 e. The molecule has 1 aromatic carbocycles. The molecule has 1 saturated heterocycles. The number of anilines is 3. The predicted molar refractivity (Wildman–Crippen MR) is 76.6 cm³/mol. The third kappa shape index (κ3) is 2.42. The lowest BCUT2D eigenvalue weighted by Gasteiger charge is -2.17. The van der Waals surface area contributed by atoms with Gasteiger partial charge >= 0.3 is 0 Å². The van der Waals surface area contributed by atoms with Crippen LogP contribution in [0.1, 0.15) is 23.3 Å². The number of rotatable bonds is 3. The number of benzene rings is 1. The van der Waals surface area contributed by atoms with Gasteiger partial charge in [0.25, 0.3) is 5.91 Å². The van der Waals surface area contributed by atoms with Crippen molar-refractivity contribution in [3.05, 3.63) is 30.0 Å². The van der Waals surface area contributed by atoms with E-state index < -0.39 is 0 Å². The maximum Gasteiger partial charge on any atom is 0.280 e. The van der Waals surface area contributed by atoms with E-state index in [1.54, 1.807) is 0 Å². The molecule has 1 aromatic heterocycles. The normalized spacial score (nSPS) is 14.5. The molecule has 0 saturated carbocycles. The average Bonchev–Trinajstić information content (AvgIpc) is 3.10. The Kier molecular flexibility index (Phi) is 3.24. The maximum atomic E-state index is 11.9. The van der Waals surface area contributed by atoms with Crippen LogP contribution < -0.4 is 16.0 Å². The maximum absolute atomic E-state index is 11.9. The Morgan fingerprint density at radius 2 is 1.90 bits per heavy atom. The first-order valence-corrected chi connectivity index (χ1v) is 6.56. The monoisotopic (exact) mass is 272 g/mol. The van der Waals surface area contributed by atoms with E-state index in [1.807, 2.05) is 24.3 Å². The van der Waals surface area contributed by atoms with Crippen molar-refractivity contribution < 1.29 is 4.79 Å². The number of carbonyl (C=O) groups excluding carboxylic acids is 1. The van der Waals surface area contributed by atoms with Crippen molar-refractivity contribution in [2.75, 3.05) is 29.0 Å². The van der Waals surface area contributed by atoms with Crippen molar-refractivity contribution in [1.82, 2.24) is 15.4 Å². The summed E-state index contributed by atoms with van der Waals surface area (Å²) >= 11 is 0. The zero-order valence-electron chi connectivity index (χ0n) is 11.0. The lowest BCUT2D eigenvalue weighted by molar-refractivity contribution is 0.102. The highest BCUT2D eigenvalue weighted by Crippen LogP contribution is 2.22. The SMILES string of the molecule is Nc1n[nH]nc1C(=O)Nc1ccc(N2CCCC2)cc1. The Bertz CT molecular complexity index is 600. The van der Waals surface area contributed by atoms with Crippen LogP contribution in [-0.2, 0) is 0 Å². The first-order chi connectivity index (χ1) is 9.74. The number of hydrogen-bond donors (Lipinski definition) is 3. The van der Waals surface area contributed by atoms with Gasteiger partial charge in [0.15, 0.2) is 11.5 Å². The fourth-order valence-electron chi connectivity index (χ4n) is 2.33. The molecule has 0 spiro atoms. The summed E-state index contributed by atoms with van der Waals surface area (Å²) in [5, 5.41) is 12.4. The van der Waals surface area contributed by atoms with Crippen LogP contribution in [0.5, 0.6) is 0 Å². The summed E-state index contributed by atoms with van der Waals surface area (Å²) < 4.78 is 0. The van der Waals surface area contributed by atoms with Crippen molar-refractivity contribution in [3.63, 3.8) is 0 Å². The van der Waals surface area contributed by atoms with E-state index in [2.05, 4.69) is 25.6 Å². The highest BCUT2D eigenvalue weighted by molar-refractivity contribution is 6.05. The summed E-state index contributed by atoms with van der Waals surface area (Å²) in [6, 6.07) is 7.77. The molecule has 1 aliphatic rings. The third-order valence-corrected chi connectivity index (χ3v) is 3.39. The minimum atomic E-state index is -0.370. The van der Waals surface area contributed by atoms with Gasteiger partial charge in [-0.05, 0) is 37.1 Å². The molecule has 2 heterocycles. The lowest BCUT2D eigenvalue weighted by atomic mass is 10.2. The van der Waals surface area contributed by atoms with Crippen LogP contribution in [0.4, 0.5) is 17.2 Å². The summed E-state index contributed by atoms with van der Waals surface area (Å²) in [6.45, 7) is 2.20. The number of carbonyl (C=O) groups is 1. The molecule has 1 aliphatic heterocycles. The molecule has 2 aromatic rings. The van der Waals surface area contributed by atoms with Gasteiger partial charge in [0.1, 0.15) is 0 Å². The van der Waals surface area contributed by atoms with Gasteiger partial charge in [-0.15, -0.1) is 10.2 Å². The van der Waals surface area contributed by atoms with Crippen molar-refractivity contribution in [3.8, 4) is 0 Å². The molecular formula is C13H16N6O. The molecule has 0 atom stereocenters. The molecule has 0 unspecified atom stereocenters. The van der Waals surface area contributed by atoms with E-state index in [0.717, 1.165) is 13.1 Å². The third-order valence-electron chi connectivity index (χ3n) is 3.39. The van der Waals surface area contributed by atoms with E-state index in [9.17, 15) is 4.79 Å².